The lowest BCUT2D eigenvalue weighted by molar-refractivity contribution is -0.120. The zero-order chi connectivity index (χ0) is 14.2. The highest BCUT2D eigenvalue weighted by molar-refractivity contribution is 5.57. The molecule has 0 spiro atoms. The lowest BCUT2D eigenvalue weighted by Gasteiger charge is -2.29. The summed E-state index contributed by atoms with van der Waals surface area (Å²) in [5.41, 5.74) is 6.53. The highest BCUT2D eigenvalue weighted by Gasteiger charge is 2.39. The Balaban J connectivity index is 2.36. The van der Waals surface area contributed by atoms with Gasteiger partial charge in [-0.15, -0.1) is 0 Å². The van der Waals surface area contributed by atoms with Crippen LogP contribution in [0.3, 0.4) is 0 Å². The van der Waals surface area contributed by atoms with Gasteiger partial charge in [-0.3, -0.25) is 0 Å². The van der Waals surface area contributed by atoms with Gasteiger partial charge < -0.3 is 10.6 Å². The van der Waals surface area contributed by atoms with E-state index in [0.29, 0.717) is 11.3 Å². The van der Waals surface area contributed by atoms with Crippen molar-refractivity contribution in [3.05, 3.63) is 29.6 Å². The third-order valence-corrected chi connectivity index (χ3v) is 3.13. The lowest BCUT2D eigenvalue weighted by atomic mass is 10.1. The van der Waals surface area contributed by atoms with Gasteiger partial charge in [0.25, 0.3) is 0 Å². The average Bonchev–Trinajstić information content (AvgIpc) is 3.08. The Morgan fingerprint density at radius 3 is 2.47 bits per heavy atom. The van der Waals surface area contributed by atoms with Gasteiger partial charge in [-0.05, 0) is 43.5 Å². The molecule has 1 aliphatic rings. The first-order chi connectivity index (χ1) is 8.78. The van der Waals surface area contributed by atoms with Crippen LogP contribution >= 0.6 is 0 Å². The standard InChI is InChI=1S/C13H16F4N2/c1-8(18)11-6-9(14)2-5-12(11)19(10-3-4-10)7-13(15,16)17/h2,5-6,8,10H,3-4,7,18H2,1H3/t8-/m1/s1. The fourth-order valence-corrected chi connectivity index (χ4v) is 2.14. The van der Waals surface area contributed by atoms with Crippen LogP contribution in [0.4, 0.5) is 23.2 Å². The van der Waals surface area contributed by atoms with Crippen LogP contribution in [0.15, 0.2) is 18.2 Å². The van der Waals surface area contributed by atoms with E-state index in [4.69, 9.17) is 5.73 Å². The molecular weight excluding hydrogens is 260 g/mol. The molecule has 0 saturated heterocycles. The minimum atomic E-state index is -4.29. The molecule has 1 aromatic carbocycles. The first-order valence-corrected chi connectivity index (χ1v) is 6.16. The molecule has 0 bridgehead atoms. The summed E-state index contributed by atoms with van der Waals surface area (Å²) in [5, 5.41) is 0. The molecule has 1 saturated carbocycles. The molecule has 0 unspecified atom stereocenters. The zero-order valence-corrected chi connectivity index (χ0v) is 10.5. The summed E-state index contributed by atoms with van der Waals surface area (Å²) < 4.78 is 51.2. The van der Waals surface area contributed by atoms with Crippen molar-refractivity contribution in [1.29, 1.82) is 0 Å². The fraction of sp³-hybridized carbons (Fsp3) is 0.538. The number of nitrogens with zero attached hydrogens (tertiary/aromatic N) is 1. The second kappa shape index (κ2) is 5.00. The summed E-state index contributed by atoms with van der Waals surface area (Å²) in [5.74, 6) is -0.487. The SMILES string of the molecule is C[C@@H](N)c1cc(F)ccc1N(CC(F)(F)F)C1CC1. The van der Waals surface area contributed by atoms with Crippen molar-refractivity contribution in [2.45, 2.75) is 38.0 Å². The predicted octanol–water partition coefficient (Wildman–Crippen LogP) is 3.38. The summed E-state index contributed by atoms with van der Waals surface area (Å²) >= 11 is 0. The van der Waals surface area contributed by atoms with Crippen LogP contribution in [-0.2, 0) is 0 Å². The van der Waals surface area contributed by atoms with Gasteiger partial charge in [-0.25, -0.2) is 4.39 Å². The van der Waals surface area contributed by atoms with Crippen molar-refractivity contribution in [1.82, 2.24) is 0 Å². The molecule has 6 heteroatoms. The molecule has 19 heavy (non-hydrogen) atoms. The number of hydrogen-bond donors (Lipinski definition) is 1. The number of nitrogens with two attached hydrogens (primary N) is 1. The van der Waals surface area contributed by atoms with Gasteiger partial charge in [0.1, 0.15) is 12.4 Å². The maximum absolute atomic E-state index is 13.2. The third kappa shape index (κ3) is 3.59. The maximum Gasteiger partial charge on any atom is 0.405 e. The van der Waals surface area contributed by atoms with Gasteiger partial charge in [0.05, 0.1) is 0 Å². The molecule has 1 fully saturated rings. The first kappa shape index (κ1) is 14.1. The Kier molecular flexibility index (Phi) is 3.71. The second-order valence-corrected chi connectivity index (χ2v) is 4.97. The van der Waals surface area contributed by atoms with Crippen LogP contribution in [0.1, 0.15) is 31.4 Å². The van der Waals surface area contributed by atoms with Crippen LogP contribution in [0.25, 0.3) is 0 Å². The molecule has 106 valence electrons. The van der Waals surface area contributed by atoms with Crippen molar-refractivity contribution in [2.24, 2.45) is 5.73 Å². The number of benzene rings is 1. The smallest absolute Gasteiger partial charge is 0.359 e. The minimum Gasteiger partial charge on any atom is -0.359 e. The molecule has 0 radical (unpaired) electrons. The molecule has 1 aliphatic carbocycles. The van der Waals surface area contributed by atoms with E-state index in [0.717, 1.165) is 12.8 Å². The molecular formula is C13H16F4N2. The Labute approximate surface area is 109 Å². The van der Waals surface area contributed by atoms with Crippen LogP contribution < -0.4 is 10.6 Å². The molecule has 1 atom stereocenters. The monoisotopic (exact) mass is 276 g/mol. The van der Waals surface area contributed by atoms with Crippen LogP contribution in [-0.4, -0.2) is 18.8 Å². The topological polar surface area (TPSA) is 29.3 Å². The van der Waals surface area contributed by atoms with E-state index in [1.54, 1.807) is 6.92 Å². The van der Waals surface area contributed by atoms with E-state index in [1.165, 1.54) is 23.1 Å². The van der Waals surface area contributed by atoms with Crippen molar-refractivity contribution in [3.63, 3.8) is 0 Å². The number of hydrogen-bond acceptors (Lipinski definition) is 2. The lowest BCUT2D eigenvalue weighted by Crippen LogP contribution is -2.37. The number of halogens is 4. The number of rotatable bonds is 4. The molecule has 2 rings (SSSR count). The highest BCUT2D eigenvalue weighted by atomic mass is 19.4. The summed E-state index contributed by atoms with van der Waals surface area (Å²) in [4.78, 5) is 1.29. The summed E-state index contributed by atoms with van der Waals surface area (Å²) in [6, 6.07) is 3.14. The van der Waals surface area contributed by atoms with Crippen LogP contribution in [0.5, 0.6) is 0 Å². The second-order valence-electron chi connectivity index (χ2n) is 4.97. The fourth-order valence-electron chi connectivity index (χ4n) is 2.14. The Hall–Kier alpha value is -1.30. The molecule has 0 aromatic heterocycles. The average molecular weight is 276 g/mol. The minimum absolute atomic E-state index is 0.121. The summed E-state index contributed by atoms with van der Waals surface area (Å²) in [6.07, 6.45) is -2.83. The summed E-state index contributed by atoms with van der Waals surface area (Å²) in [7, 11) is 0. The Morgan fingerprint density at radius 1 is 1.37 bits per heavy atom. The van der Waals surface area contributed by atoms with Gasteiger partial charge >= 0.3 is 6.18 Å². The molecule has 1 aromatic rings. The van der Waals surface area contributed by atoms with Gasteiger partial charge in [0.15, 0.2) is 0 Å². The zero-order valence-electron chi connectivity index (χ0n) is 10.5. The van der Waals surface area contributed by atoms with E-state index in [9.17, 15) is 17.6 Å². The van der Waals surface area contributed by atoms with Crippen molar-refractivity contribution >= 4 is 5.69 Å². The highest BCUT2D eigenvalue weighted by Crippen LogP contribution is 2.37. The van der Waals surface area contributed by atoms with Gasteiger partial charge in [0.2, 0.25) is 0 Å². The van der Waals surface area contributed by atoms with Crippen LogP contribution in [0.2, 0.25) is 0 Å². The van der Waals surface area contributed by atoms with Gasteiger partial charge in [-0.2, -0.15) is 13.2 Å². The Bertz CT molecular complexity index is 452. The number of alkyl halides is 3. The van der Waals surface area contributed by atoms with E-state index in [-0.39, 0.29) is 6.04 Å². The summed E-state index contributed by atoms with van der Waals surface area (Å²) in [6.45, 7) is 0.611. The maximum atomic E-state index is 13.2. The van der Waals surface area contributed by atoms with E-state index in [1.807, 2.05) is 0 Å². The Morgan fingerprint density at radius 2 is 2.00 bits per heavy atom. The van der Waals surface area contributed by atoms with Crippen molar-refractivity contribution < 1.29 is 17.6 Å². The number of anilines is 1. The molecule has 2 N–H and O–H groups in total. The predicted molar refractivity (Wildman–Crippen MR) is 65.4 cm³/mol. The first-order valence-electron chi connectivity index (χ1n) is 6.16. The largest absolute Gasteiger partial charge is 0.405 e. The van der Waals surface area contributed by atoms with Crippen molar-refractivity contribution in [2.75, 3.05) is 11.4 Å². The van der Waals surface area contributed by atoms with Crippen molar-refractivity contribution in [3.8, 4) is 0 Å². The quantitative estimate of drug-likeness (QED) is 0.854. The van der Waals surface area contributed by atoms with E-state index < -0.39 is 24.6 Å². The molecule has 2 nitrogen and oxygen atoms in total. The van der Waals surface area contributed by atoms with Crippen LogP contribution in [0, 0.1) is 5.82 Å². The normalized spacial score (nSPS) is 17.4. The molecule has 0 amide bonds. The third-order valence-electron chi connectivity index (χ3n) is 3.13. The van der Waals surface area contributed by atoms with E-state index in [2.05, 4.69) is 0 Å². The van der Waals surface area contributed by atoms with E-state index >= 15 is 0 Å². The van der Waals surface area contributed by atoms with Gasteiger partial charge in [-0.1, -0.05) is 0 Å². The van der Waals surface area contributed by atoms with Gasteiger partial charge in [0, 0.05) is 17.8 Å². The molecule has 0 heterocycles. The molecule has 0 aliphatic heterocycles.